The van der Waals surface area contributed by atoms with E-state index >= 15 is 0 Å². The number of nitrogens with zero attached hydrogens (tertiary/aromatic N) is 2. The molecule has 2 aromatic heterocycles. The number of fused-ring (bicyclic) bond motifs is 2. The van der Waals surface area contributed by atoms with Crippen LogP contribution in [0.3, 0.4) is 0 Å². The van der Waals surface area contributed by atoms with Crippen LogP contribution in [0.1, 0.15) is 28.9 Å². The summed E-state index contributed by atoms with van der Waals surface area (Å²) in [5, 5.41) is 1.34. The fourth-order valence-electron chi connectivity index (χ4n) is 3.95. The molecule has 0 radical (unpaired) electrons. The summed E-state index contributed by atoms with van der Waals surface area (Å²) in [7, 11) is 0. The van der Waals surface area contributed by atoms with E-state index < -0.39 is 0 Å². The first-order chi connectivity index (χ1) is 16.6. The lowest BCUT2D eigenvalue weighted by molar-refractivity contribution is 0.0715. The van der Waals surface area contributed by atoms with Gasteiger partial charge < -0.3 is 19.0 Å². The Morgan fingerprint density at radius 1 is 0.971 bits per heavy atom. The van der Waals surface area contributed by atoms with Gasteiger partial charge in [-0.05, 0) is 37.3 Å². The first-order valence-electron chi connectivity index (χ1n) is 11.1. The molecular formula is C27H23N3O4. The molecule has 0 atom stereocenters. The average molecular weight is 453 g/mol. The van der Waals surface area contributed by atoms with Gasteiger partial charge in [-0.25, -0.2) is 4.98 Å². The number of hydrogen-bond donors (Lipinski definition) is 1. The molecule has 0 aliphatic carbocycles. The normalized spacial score (nSPS) is 11.1. The minimum atomic E-state index is -0.291. The zero-order chi connectivity index (χ0) is 23.5. The van der Waals surface area contributed by atoms with Gasteiger partial charge >= 0.3 is 0 Å². The number of para-hydroxylation sites is 3. The Hall–Kier alpha value is -4.39. The Bertz CT molecular complexity index is 1520. The van der Waals surface area contributed by atoms with Crippen LogP contribution in [-0.4, -0.2) is 27.3 Å². The molecule has 0 fully saturated rings. The van der Waals surface area contributed by atoms with E-state index in [-0.39, 0.29) is 30.4 Å². The van der Waals surface area contributed by atoms with Crippen LogP contribution in [0, 0.1) is 0 Å². The van der Waals surface area contributed by atoms with Gasteiger partial charge in [-0.3, -0.25) is 9.59 Å². The highest BCUT2D eigenvalue weighted by atomic mass is 16.5. The number of furan rings is 1. The molecule has 1 N–H and O–H groups in total. The molecule has 0 spiro atoms. The van der Waals surface area contributed by atoms with Crippen molar-refractivity contribution in [1.82, 2.24) is 14.9 Å². The van der Waals surface area contributed by atoms with Crippen molar-refractivity contribution in [2.75, 3.05) is 6.54 Å². The van der Waals surface area contributed by atoms with E-state index in [0.717, 1.165) is 5.39 Å². The number of aromatic amines is 1. The fraction of sp³-hybridized carbons (Fsp3) is 0.148. The second-order valence-corrected chi connectivity index (χ2v) is 7.86. The smallest absolute Gasteiger partial charge is 0.290 e. The molecule has 34 heavy (non-hydrogen) atoms. The van der Waals surface area contributed by atoms with E-state index in [1.807, 2.05) is 67.6 Å². The number of rotatable bonds is 7. The Morgan fingerprint density at radius 3 is 2.47 bits per heavy atom. The summed E-state index contributed by atoms with van der Waals surface area (Å²) in [6.45, 7) is 2.61. The maximum absolute atomic E-state index is 13.6. The van der Waals surface area contributed by atoms with Gasteiger partial charge in [-0.1, -0.05) is 48.5 Å². The molecule has 0 aliphatic rings. The van der Waals surface area contributed by atoms with Crippen LogP contribution in [-0.2, 0) is 13.2 Å². The Balaban J connectivity index is 1.47. The summed E-state index contributed by atoms with van der Waals surface area (Å²) in [6, 6.07) is 24.1. The fourth-order valence-corrected chi connectivity index (χ4v) is 3.95. The lowest BCUT2D eigenvalue weighted by Gasteiger charge is -2.20. The van der Waals surface area contributed by atoms with E-state index in [4.69, 9.17) is 9.15 Å². The van der Waals surface area contributed by atoms with Crippen molar-refractivity contribution in [3.05, 3.63) is 106 Å². The first-order valence-corrected chi connectivity index (χ1v) is 11.1. The zero-order valence-corrected chi connectivity index (χ0v) is 18.7. The molecule has 2 heterocycles. The van der Waals surface area contributed by atoms with Gasteiger partial charge in [0.15, 0.2) is 5.76 Å². The number of H-pyrrole nitrogens is 1. The molecule has 3 aromatic carbocycles. The second-order valence-electron chi connectivity index (χ2n) is 7.86. The molecule has 0 bridgehead atoms. The van der Waals surface area contributed by atoms with Crippen molar-refractivity contribution in [2.45, 2.75) is 20.1 Å². The van der Waals surface area contributed by atoms with Crippen LogP contribution in [0.25, 0.3) is 21.9 Å². The molecule has 0 saturated heterocycles. The highest BCUT2D eigenvalue weighted by Crippen LogP contribution is 2.28. The number of nitrogens with one attached hydrogen (secondary N) is 1. The molecule has 0 unspecified atom stereocenters. The van der Waals surface area contributed by atoms with Gasteiger partial charge in [-0.15, -0.1) is 0 Å². The molecule has 0 aliphatic heterocycles. The number of benzene rings is 3. The largest absolute Gasteiger partial charge is 0.489 e. The maximum atomic E-state index is 13.6. The number of amides is 1. The number of hydrogen-bond acceptors (Lipinski definition) is 5. The molecule has 5 aromatic rings. The number of aromatic nitrogens is 2. The van der Waals surface area contributed by atoms with E-state index in [9.17, 15) is 9.59 Å². The van der Waals surface area contributed by atoms with Gasteiger partial charge in [0.1, 0.15) is 23.8 Å². The van der Waals surface area contributed by atoms with Crippen molar-refractivity contribution >= 4 is 27.8 Å². The zero-order valence-electron chi connectivity index (χ0n) is 18.7. The summed E-state index contributed by atoms with van der Waals surface area (Å²) in [6.07, 6.45) is 0. The molecule has 5 rings (SSSR count). The Morgan fingerprint density at radius 2 is 1.68 bits per heavy atom. The lowest BCUT2D eigenvalue weighted by Crippen LogP contribution is -2.32. The van der Waals surface area contributed by atoms with E-state index in [1.54, 1.807) is 23.1 Å². The summed E-state index contributed by atoms with van der Waals surface area (Å²) in [5.41, 5.74) is 1.66. The summed E-state index contributed by atoms with van der Waals surface area (Å²) in [4.78, 5) is 35.0. The third-order valence-corrected chi connectivity index (χ3v) is 5.69. The van der Waals surface area contributed by atoms with Crippen LogP contribution in [0.5, 0.6) is 5.75 Å². The van der Waals surface area contributed by atoms with Crippen LogP contribution < -0.4 is 10.3 Å². The Labute approximate surface area is 195 Å². The standard InChI is InChI=1S/C27H23N3O4/c1-2-30(16-24-28-22-14-8-6-13-20(22)26(31)29-24)27(32)25-21(17-33-18-10-4-3-5-11-18)19-12-7-9-15-23(19)34-25/h3-15H,2,16-17H2,1H3,(H,28,29,31). The van der Waals surface area contributed by atoms with Gasteiger partial charge in [0.05, 0.1) is 17.4 Å². The molecule has 1 amide bonds. The summed E-state index contributed by atoms with van der Waals surface area (Å²) >= 11 is 0. The SMILES string of the molecule is CCN(Cc1nc2ccccc2c(=O)[nH]1)C(=O)c1oc2ccccc2c1COc1ccccc1. The highest BCUT2D eigenvalue weighted by Gasteiger charge is 2.25. The van der Waals surface area contributed by atoms with Crippen LogP contribution in [0.4, 0.5) is 0 Å². The van der Waals surface area contributed by atoms with Gasteiger partial charge in [-0.2, -0.15) is 0 Å². The minimum absolute atomic E-state index is 0.144. The molecule has 0 saturated carbocycles. The predicted octanol–water partition coefficient (Wildman–Crippen LogP) is 4.91. The molecule has 7 nitrogen and oxygen atoms in total. The second kappa shape index (κ2) is 9.23. The van der Waals surface area contributed by atoms with Crippen molar-refractivity contribution in [3.63, 3.8) is 0 Å². The van der Waals surface area contributed by atoms with Gasteiger partial charge in [0.2, 0.25) is 0 Å². The monoisotopic (exact) mass is 453 g/mol. The maximum Gasteiger partial charge on any atom is 0.290 e. The number of carbonyl (C=O) groups excluding carboxylic acids is 1. The predicted molar refractivity (Wildman–Crippen MR) is 130 cm³/mol. The highest BCUT2D eigenvalue weighted by molar-refractivity contribution is 5.99. The third kappa shape index (κ3) is 4.15. The summed E-state index contributed by atoms with van der Waals surface area (Å²) in [5.74, 6) is 1.05. The lowest BCUT2D eigenvalue weighted by atomic mass is 10.1. The van der Waals surface area contributed by atoms with Crippen molar-refractivity contribution < 1.29 is 13.9 Å². The van der Waals surface area contributed by atoms with Crippen molar-refractivity contribution in [2.24, 2.45) is 0 Å². The molecule has 170 valence electrons. The van der Waals surface area contributed by atoms with Crippen LogP contribution in [0.2, 0.25) is 0 Å². The van der Waals surface area contributed by atoms with Crippen molar-refractivity contribution in [1.29, 1.82) is 0 Å². The topological polar surface area (TPSA) is 88.4 Å². The molecule has 7 heteroatoms. The van der Waals surface area contributed by atoms with E-state index in [1.165, 1.54) is 0 Å². The Kier molecular flexibility index (Phi) is 5.82. The average Bonchev–Trinajstić information content (AvgIpc) is 3.25. The number of carbonyl (C=O) groups is 1. The quantitative estimate of drug-likeness (QED) is 0.378. The van der Waals surface area contributed by atoms with E-state index in [0.29, 0.717) is 40.2 Å². The first kappa shape index (κ1) is 21.5. The number of ether oxygens (including phenoxy) is 1. The van der Waals surface area contributed by atoms with Gasteiger partial charge in [0.25, 0.3) is 11.5 Å². The van der Waals surface area contributed by atoms with Crippen molar-refractivity contribution in [3.8, 4) is 5.75 Å². The van der Waals surface area contributed by atoms with Crippen LogP contribution >= 0.6 is 0 Å². The third-order valence-electron chi connectivity index (χ3n) is 5.69. The molecular weight excluding hydrogens is 430 g/mol. The summed E-state index contributed by atoms with van der Waals surface area (Å²) < 4.78 is 12.0. The van der Waals surface area contributed by atoms with E-state index in [2.05, 4.69) is 9.97 Å². The minimum Gasteiger partial charge on any atom is -0.489 e. The van der Waals surface area contributed by atoms with Crippen LogP contribution in [0.15, 0.2) is 88.1 Å². The van der Waals surface area contributed by atoms with Gasteiger partial charge in [0, 0.05) is 17.5 Å².